The van der Waals surface area contributed by atoms with Crippen LogP contribution in [0, 0.1) is 6.92 Å². The molecule has 57 valence electrons. The second-order valence-corrected chi connectivity index (χ2v) is 1.92. The second kappa shape index (κ2) is 6.33. The van der Waals surface area contributed by atoms with Crippen molar-refractivity contribution in [1.82, 2.24) is 0 Å². The molecule has 0 aromatic rings. The van der Waals surface area contributed by atoms with Crippen molar-refractivity contribution < 1.29 is 9.53 Å². The lowest BCUT2D eigenvalue weighted by molar-refractivity contribution is -0.137. The number of rotatable bonds is 4. The van der Waals surface area contributed by atoms with Crippen LogP contribution in [-0.4, -0.2) is 12.6 Å². The first-order chi connectivity index (χ1) is 4.81. The van der Waals surface area contributed by atoms with Gasteiger partial charge in [0, 0.05) is 6.08 Å². The van der Waals surface area contributed by atoms with Crippen molar-refractivity contribution in [2.24, 2.45) is 0 Å². The van der Waals surface area contributed by atoms with Crippen molar-refractivity contribution in [2.75, 3.05) is 6.61 Å². The molecule has 10 heavy (non-hydrogen) atoms. The van der Waals surface area contributed by atoms with Crippen LogP contribution in [0.25, 0.3) is 0 Å². The summed E-state index contributed by atoms with van der Waals surface area (Å²) >= 11 is 0. The molecule has 0 saturated carbocycles. The van der Waals surface area contributed by atoms with Crippen LogP contribution in [0.2, 0.25) is 0 Å². The molecule has 0 aliphatic rings. The normalized spacial score (nSPS) is 10.2. The minimum Gasteiger partial charge on any atom is -0.463 e. The first-order valence-corrected chi connectivity index (χ1v) is 3.43. The topological polar surface area (TPSA) is 26.3 Å². The number of hydrogen-bond donors (Lipinski definition) is 0. The summed E-state index contributed by atoms with van der Waals surface area (Å²) in [6.45, 7) is 5.93. The van der Waals surface area contributed by atoms with Gasteiger partial charge in [-0.05, 0) is 13.3 Å². The molecule has 0 saturated heterocycles. The van der Waals surface area contributed by atoms with Gasteiger partial charge >= 0.3 is 5.97 Å². The number of ether oxygens (including phenoxy) is 1. The molecular weight excluding hydrogens is 128 g/mol. The Morgan fingerprint density at radius 3 is 2.90 bits per heavy atom. The molecule has 1 radical (unpaired) electrons. The van der Waals surface area contributed by atoms with Gasteiger partial charge in [0.25, 0.3) is 0 Å². The number of carbonyl (C=O) groups excluding carboxylic acids is 1. The lowest BCUT2D eigenvalue weighted by Crippen LogP contribution is -2.01. The van der Waals surface area contributed by atoms with E-state index in [0.29, 0.717) is 6.61 Å². The van der Waals surface area contributed by atoms with Gasteiger partial charge in [0.1, 0.15) is 0 Å². The van der Waals surface area contributed by atoms with Gasteiger partial charge in [0.05, 0.1) is 6.61 Å². The largest absolute Gasteiger partial charge is 0.463 e. The zero-order chi connectivity index (χ0) is 7.82. The minimum absolute atomic E-state index is 0.302. The molecule has 0 unspecified atom stereocenters. The Bertz CT molecular complexity index is 116. The summed E-state index contributed by atoms with van der Waals surface area (Å²) in [5.74, 6) is -0.302. The van der Waals surface area contributed by atoms with Crippen molar-refractivity contribution in [2.45, 2.75) is 19.8 Å². The van der Waals surface area contributed by atoms with Crippen molar-refractivity contribution in [1.29, 1.82) is 0 Å². The van der Waals surface area contributed by atoms with Gasteiger partial charge in [0.2, 0.25) is 0 Å². The molecular formula is C8H13O2. The molecule has 0 spiro atoms. The van der Waals surface area contributed by atoms with Gasteiger partial charge in [-0.25, -0.2) is 4.79 Å². The standard InChI is InChI=1S/C8H13O2/c1-3-5-7-10-8(9)6-4-2/h4,6H,2-3,5,7H2,1H3. The van der Waals surface area contributed by atoms with Crippen LogP contribution >= 0.6 is 0 Å². The fourth-order valence-corrected chi connectivity index (χ4v) is 0.461. The SMILES string of the molecule is [CH2]C=CC(=O)OCCCC. The monoisotopic (exact) mass is 141 g/mol. The predicted octanol–water partition coefficient (Wildman–Crippen LogP) is 1.72. The van der Waals surface area contributed by atoms with Crippen LogP contribution in [0.1, 0.15) is 19.8 Å². The number of unbranched alkanes of at least 4 members (excludes halogenated alkanes) is 1. The van der Waals surface area contributed by atoms with Crippen molar-refractivity contribution >= 4 is 5.97 Å². The Morgan fingerprint density at radius 1 is 1.70 bits per heavy atom. The Kier molecular flexibility index (Phi) is 5.83. The van der Waals surface area contributed by atoms with Gasteiger partial charge in [-0.3, -0.25) is 0 Å². The summed E-state index contributed by atoms with van der Waals surface area (Å²) in [6.07, 6.45) is 4.71. The lowest BCUT2D eigenvalue weighted by atomic mass is 10.4. The van der Waals surface area contributed by atoms with E-state index in [1.54, 1.807) is 0 Å². The van der Waals surface area contributed by atoms with Crippen molar-refractivity contribution in [3.63, 3.8) is 0 Å². The van der Waals surface area contributed by atoms with Crippen LogP contribution in [0.15, 0.2) is 12.2 Å². The fourth-order valence-electron chi connectivity index (χ4n) is 0.461. The van der Waals surface area contributed by atoms with Crippen LogP contribution in [0.3, 0.4) is 0 Å². The lowest BCUT2D eigenvalue weighted by Gasteiger charge is -1.97. The predicted molar refractivity (Wildman–Crippen MR) is 40.4 cm³/mol. The third-order valence-electron chi connectivity index (χ3n) is 0.996. The van der Waals surface area contributed by atoms with Crippen LogP contribution in [-0.2, 0) is 9.53 Å². The van der Waals surface area contributed by atoms with Gasteiger partial charge in [-0.2, -0.15) is 0 Å². The molecule has 0 rings (SSSR count). The summed E-state index contributed by atoms with van der Waals surface area (Å²) < 4.78 is 4.76. The third kappa shape index (κ3) is 5.35. The van der Waals surface area contributed by atoms with Crippen molar-refractivity contribution in [3.8, 4) is 0 Å². The summed E-state index contributed by atoms with van der Waals surface area (Å²) in [5, 5.41) is 0. The molecule has 0 heterocycles. The number of esters is 1. The molecule has 0 atom stereocenters. The van der Waals surface area contributed by atoms with E-state index in [-0.39, 0.29) is 5.97 Å². The van der Waals surface area contributed by atoms with Crippen LogP contribution < -0.4 is 0 Å². The van der Waals surface area contributed by atoms with E-state index >= 15 is 0 Å². The first-order valence-electron chi connectivity index (χ1n) is 3.43. The Balaban J connectivity index is 3.22. The molecule has 2 heteroatoms. The van der Waals surface area contributed by atoms with Gasteiger partial charge < -0.3 is 4.74 Å². The van der Waals surface area contributed by atoms with E-state index in [2.05, 4.69) is 6.92 Å². The number of hydrogen-bond acceptors (Lipinski definition) is 2. The highest BCUT2D eigenvalue weighted by Gasteiger charge is 1.92. The summed E-state index contributed by atoms with van der Waals surface area (Å²) in [5.41, 5.74) is 0. The Hall–Kier alpha value is -0.790. The second-order valence-electron chi connectivity index (χ2n) is 1.92. The molecule has 0 N–H and O–H groups in total. The highest BCUT2D eigenvalue weighted by molar-refractivity contribution is 5.81. The van der Waals surface area contributed by atoms with Gasteiger partial charge in [-0.15, -0.1) is 0 Å². The molecule has 0 amide bonds. The first kappa shape index (κ1) is 9.21. The van der Waals surface area contributed by atoms with Crippen LogP contribution in [0.5, 0.6) is 0 Å². The summed E-state index contributed by atoms with van der Waals surface area (Å²) in [7, 11) is 0. The zero-order valence-corrected chi connectivity index (χ0v) is 6.30. The molecule has 2 nitrogen and oxygen atoms in total. The average Bonchev–Trinajstić information content (AvgIpc) is 1.89. The Labute approximate surface area is 61.9 Å². The number of carbonyl (C=O) groups is 1. The molecule has 0 fully saturated rings. The van der Waals surface area contributed by atoms with Gasteiger partial charge in [0.15, 0.2) is 0 Å². The van der Waals surface area contributed by atoms with E-state index in [0.717, 1.165) is 12.8 Å². The highest BCUT2D eigenvalue weighted by atomic mass is 16.5. The quantitative estimate of drug-likeness (QED) is 0.338. The third-order valence-corrected chi connectivity index (χ3v) is 0.996. The highest BCUT2D eigenvalue weighted by Crippen LogP contribution is 1.88. The van der Waals surface area contributed by atoms with E-state index < -0.39 is 0 Å². The zero-order valence-electron chi connectivity index (χ0n) is 6.30. The van der Waals surface area contributed by atoms with E-state index in [4.69, 9.17) is 4.74 Å². The maximum atomic E-state index is 10.6. The van der Waals surface area contributed by atoms with Crippen LogP contribution in [0.4, 0.5) is 0 Å². The maximum Gasteiger partial charge on any atom is 0.330 e. The minimum atomic E-state index is -0.302. The van der Waals surface area contributed by atoms with Gasteiger partial charge in [-0.1, -0.05) is 19.4 Å². The number of allylic oxidation sites excluding steroid dienone is 1. The summed E-state index contributed by atoms with van der Waals surface area (Å²) in [6, 6.07) is 0. The summed E-state index contributed by atoms with van der Waals surface area (Å²) in [4.78, 5) is 10.6. The smallest absolute Gasteiger partial charge is 0.330 e. The van der Waals surface area contributed by atoms with Crippen molar-refractivity contribution in [3.05, 3.63) is 19.1 Å². The molecule has 0 bridgehead atoms. The molecule has 0 aliphatic heterocycles. The van der Waals surface area contributed by atoms with E-state index in [9.17, 15) is 4.79 Å². The average molecular weight is 141 g/mol. The molecule has 0 aromatic carbocycles. The molecule has 0 aliphatic carbocycles. The maximum absolute atomic E-state index is 10.6. The van der Waals surface area contributed by atoms with E-state index in [1.807, 2.05) is 6.92 Å². The Morgan fingerprint density at radius 2 is 2.40 bits per heavy atom. The fraction of sp³-hybridized carbons (Fsp3) is 0.500. The molecule has 0 aromatic heterocycles. The van der Waals surface area contributed by atoms with E-state index in [1.165, 1.54) is 12.2 Å².